The van der Waals surface area contributed by atoms with E-state index in [0.717, 1.165) is 16.5 Å². The van der Waals surface area contributed by atoms with E-state index in [2.05, 4.69) is 18.2 Å². The SMILES string of the molecule is N#Cc1cccc(OCCOc2cccc3ccccc23)c1. The van der Waals surface area contributed by atoms with Crippen LogP contribution in [-0.4, -0.2) is 13.2 Å². The Labute approximate surface area is 129 Å². The van der Waals surface area contributed by atoms with E-state index < -0.39 is 0 Å². The summed E-state index contributed by atoms with van der Waals surface area (Å²) in [5, 5.41) is 11.1. The molecule has 0 spiro atoms. The van der Waals surface area contributed by atoms with Gasteiger partial charge in [-0.15, -0.1) is 0 Å². The smallest absolute Gasteiger partial charge is 0.127 e. The average Bonchev–Trinajstić information content (AvgIpc) is 2.59. The predicted octanol–water partition coefficient (Wildman–Crippen LogP) is 4.17. The van der Waals surface area contributed by atoms with Crippen molar-refractivity contribution in [2.24, 2.45) is 0 Å². The number of ether oxygens (including phenoxy) is 2. The molecule has 0 aliphatic rings. The van der Waals surface area contributed by atoms with E-state index in [1.54, 1.807) is 18.2 Å². The summed E-state index contributed by atoms with van der Waals surface area (Å²) >= 11 is 0. The molecular formula is C19H15NO2. The van der Waals surface area contributed by atoms with Gasteiger partial charge < -0.3 is 9.47 Å². The van der Waals surface area contributed by atoms with Crippen molar-refractivity contribution in [3.8, 4) is 17.6 Å². The number of benzene rings is 3. The Hall–Kier alpha value is -2.99. The molecular weight excluding hydrogens is 274 g/mol. The molecule has 22 heavy (non-hydrogen) atoms. The minimum atomic E-state index is 0.429. The third kappa shape index (κ3) is 3.18. The van der Waals surface area contributed by atoms with Gasteiger partial charge in [0.15, 0.2) is 0 Å². The van der Waals surface area contributed by atoms with Crippen LogP contribution < -0.4 is 9.47 Å². The third-order valence-electron chi connectivity index (χ3n) is 3.32. The first-order valence-electron chi connectivity index (χ1n) is 7.10. The van der Waals surface area contributed by atoms with Crippen LogP contribution in [0.3, 0.4) is 0 Å². The van der Waals surface area contributed by atoms with Gasteiger partial charge in [-0.3, -0.25) is 0 Å². The minimum Gasteiger partial charge on any atom is -0.490 e. The zero-order valence-corrected chi connectivity index (χ0v) is 12.0. The van der Waals surface area contributed by atoms with E-state index >= 15 is 0 Å². The van der Waals surface area contributed by atoms with Crippen LogP contribution in [-0.2, 0) is 0 Å². The second-order valence-corrected chi connectivity index (χ2v) is 4.81. The first-order chi connectivity index (χ1) is 10.9. The fourth-order valence-corrected chi connectivity index (χ4v) is 2.29. The Morgan fingerprint density at radius 1 is 0.818 bits per heavy atom. The van der Waals surface area contributed by atoms with Gasteiger partial charge in [-0.25, -0.2) is 0 Å². The van der Waals surface area contributed by atoms with Crippen molar-refractivity contribution in [3.63, 3.8) is 0 Å². The van der Waals surface area contributed by atoms with Crippen LogP contribution in [0, 0.1) is 11.3 Å². The van der Waals surface area contributed by atoms with Crippen molar-refractivity contribution in [2.75, 3.05) is 13.2 Å². The Bertz CT molecular complexity index is 816. The summed E-state index contributed by atoms with van der Waals surface area (Å²) in [6.07, 6.45) is 0. The predicted molar refractivity (Wildman–Crippen MR) is 86.1 cm³/mol. The maximum atomic E-state index is 8.85. The number of nitrogens with zero attached hydrogens (tertiary/aromatic N) is 1. The molecule has 3 rings (SSSR count). The van der Waals surface area contributed by atoms with Gasteiger partial charge in [0.05, 0.1) is 11.6 Å². The Kier molecular flexibility index (Phi) is 4.22. The van der Waals surface area contributed by atoms with Crippen molar-refractivity contribution in [3.05, 3.63) is 72.3 Å². The molecule has 0 aromatic heterocycles. The van der Waals surface area contributed by atoms with Crippen LogP contribution in [0.1, 0.15) is 5.56 Å². The van der Waals surface area contributed by atoms with Gasteiger partial charge in [-0.2, -0.15) is 5.26 Å². The van der Waals surface area contributed by atoms with Crippen molar-refractivity contribution in [1.29, 1.82) is 5.26 Å². The monoisotopic (exact) mass is 289 g/mol. The lowest BCUT2D eigenvalue weighted by Crippen LogP contribution is -2.09. The second-order valence-electron chi connectivity index (χ2n) is 4.81. The lowest BCUT2D eigenvalue weighted by atomic mass is 10.1. The van der Waals surface area contributed by atoms with Gasteiger partial charge in [-0.1, -0.05) is 42.5 Å². The summed E-state index contributed by atoms with van der Waals surface area (Å²) in [5.74, 6) is 1.54. The maximum Gasteiger partial charge on any atom is 0.127 e. The fraction of sp³-hybridized carbons (Fsp3) is 0.105. The quantitative estimate of drug-likeness (QED) is 0.662. The van der Waals surface area contributed by atoms with Crippen LogP contribution in [0.2, 0.25) is 0 Å². The van der Waals surface area contributed by atoms with Gasteiger partial charge in [0, 0.05) is 5.39 Å². The van der Waals surface area contributed by atoms with Crippen LogP contribution in [0.5, 0.6) is 11.5 Å². The van der Waals surface area contributed by atoms with Gasteiger partial charge in [0.2, 0.25) is 0 Å². The van der Waals surface area contributed by atoms with E-state index in [1.807, 2.05) is 36.4 Å². The van der Waals surface area contributed by atoms with Gasteiger partial charge in [0.1, 0.15) is 24.7 Å². The molecule has 3 aromatic rings. The average molecular weight is 289 g/mol. The summed E-state index contributed by atoms with van der Waals surface area (Å²) in [7, 11) is 0. The third-order valence-corrected chi connectivity index (χ3v) is 3.32. The fourth-order valence-electron chi connectivity index (χ4n) is 2.29. The Balaban J connectivity index is 1.60. The number of hydrogen-bond acceptors (Lipinski definition) is 3. The maximum absolute atomic E-state index is 8.85. The molecule has 0 unspecified atom stereocenters. The standard InChI is InChI=1S/C19H15NO2/c20-14-15-5-3-8-17(13-15)21-11-12-22-19-10-4-7-16-6-1-2-9-18(16)19/h1-10,13H,11-12H2. The van der Waals surface area contributed by atoms with Crippen molar-refractivity contribution < 1.29 is 9.47 Å². The molecule has 0 heterocycles. The highest BCUT2D eigenvalue weighted by Crippen LogP contribution is 2.25. The molecule has 108 valence electrons. The highest BCUT2D eigenvalue weighted by Gasteiger charge is 2.01. The van der Waals surface area contributed by atoms with Crippen molar-refractivity contribution in [2.45, 2.75) is 0 Å². The molecule has 0 amide bonds. The highest BCUT2D eigenvalue weighted by atomic mass is 16.5. The van der Waals surface area contributed by atoms with E-state index in [4.69, 9.17) is 14.7 Å². The molecule has 0 bridgehead atoms. The molecule has 3 nitrogen and oxygen atoms in total. The summed E-state index contributed by atoms with van der Waals surface area (Å²) in [6.45, 7) is 0.878. The van der Waals surface area contributed by atoms with Gasteiger partial charge in [-0.05, 0) is 29.7 Å². The largest absolute Gasteiger partial charge is 0.490 e. The molecule has 0 aliphatic heterocycles. The molecule has 0 radical (unpaired) electrons. The topological polar surface area (TPSA) is 42.2 Å². The van der Waals surface area contributed by atoms with E-state index in [0.29, 0.717) is 24.5 Å². The zero-order valence-electron chi connectivity index (χ0n) is 12.0. The summed E-state index contributed by atoms with van der Waals surface area (Å²) in [4.78, 5) is 0. The molecule has 0 fully saturated rings. The molecule has 0 N–H and O–H groups in total. The molecule has 3 heteroatoms. The van der Waals surface area contributed by atoms with Crippen LogP contribution in [0.4, 0.5) is 0 Å². The highest BCUT2D eigenvalue weighted by molar-refractivity contribution is 5.88. The van der Waals surface area contributed by atoms with Crippen molar-refractivity contribution >= 4 is 10.8 Å². The minimum absolute atomic E-state index is 0.429. The van der Waals surface area contributed by atoms with E-state index in [-0.39, 0.29) is 0 Å². The number of fused-ring (bicyclic) bond motifs is 1. The van der Waals surface area contributed by atoms with E-state index in [9.17, 15) is 0 Å². The first-order valence-corrected chi connectivity index (χ1v) is 7.10. The molecule has 0 saturated carbocycles. The Morgan fingerprint density at radius 2 is 1.59 bits per heavy atom. The van der Waals surface area contributed by atoms with Crippen LogP contribution in [0.25, 0.3) is 10.8 Å². The zero-order chi connectivity index (χ0) is 15.2. The van der Waals surface area contributed by atoms with E-state index in [1.165, 1.54) is 0 Å². The molecule has 0 atom stereocenters. The van der Waals surface area contributed by atoms with Crippen LogP contribution >= 0.6 is 0 Å². The van der Waals surface area contributed by atoms with Crippen LogP contribution in [0.15, 0.2) is 66.7 Å². The van der Waals surface area contributed by atoms with Gasteiger partial charge >= 0.3 is 0 Å². The normalized spacial score (nSPS) is 10.1. The number of hydrogen-bond donors (Lipinski definition) is 0. The number of rotatable bonds is 5. The summed E-state index contributed by atoms with van der Waals surface area (Å²) in [6, 6.07) is 23.3. The number of nitriles is 1. The lowest BCUT2D eigenvalue weighted by molar-refractivity contribution is 0.218. The molecule has 3 aromatic carbocycles. The summed E-state index contributed by atoms with van der Waals surface area (Å²) in [5.41, 5.74) is 0.590. The second kappa shape index (κ2) is 6.64. The Morgan fingerprint density at radius 3 is 2.50 bits per heavy atom. The molecule has 0 aliphatic carbocycles. The summed E-state index contributed by atoms with van der Waals surface area (Å²) < 4.78 is 11.4. The van der Waals surface area contributed by atoms with Crippen molar-refractivity contribution in [1.82, 2.24) is 0 Å². The molecule has 0 saturated heterocycles. The van der Waals surface area contributed by atoms with Gasteiger partial charge in [0.25, 0.3) is 0 Å². The first kappa shape index (κ1) is 14.0. The lowest BCUT2D eigenvalue weighted by Gasteiger charge is -2.10.